The largest absolute Gasteiger partial charge is 0.478 e. The van der Waals surface area contributed by atoms with E-state index in [1.54, 1.807) is 12.1 Å². The molecule has 2 aromatic rings. The van der Waals surface area contributed by atoms with Crippen LogP contribution in [-0.2, 0) is 4.79 Å². The number of halogens is 1. The van der Waals surface area contributed by atoms with Crippen LogP contribution in [0, 0.1) is 5.82 Å². The number of rotatable bonds is 6. The highest BCUT2D eigenvalue weighted by Gasteiger charge is 2.24. The van der Waals surface area contributed by atoms with E-state index in [9.17, 15) is 23.9 Å². The first-order valence-electron chi connectivity index (χ1n) is 12.1. The maximum Gasteiger partial charge on any atom is 0.337 e. The number of nitrogens with zero attached hydrogens (tertiary/aromatic N) is 3. The van der Waals surface area contributed by atoms with E-state index in [0.29, 0.717) is 32.7 Å². The number of aromatic carboxylic acids is 1. The summed E-state index contributed by atoms with van der Waals surface area (Å²) in [6.07, 6.45) is 4.52. The predicted molar refractivity (Wildman–Crippen MR) is 131 cm³/mol. The second-order valence-electron chi connectivity index (χ2n) is 9.03. The third kappa shape index (κ3) is 6.16. The molecule has 8 nitrogen and oxygen atoms in total. The molecule has 2 fully saturated rings. The number of benzene rings is 2. The normalized spacial score (nSPS) is 17.1. The standard InChI is InChI=1S/C26H31FN4O4/c27-22-8-4-3-7-20(22)25(33)28-23-10-9-19(17-21(23)26(34)35)30-15-13-29(14-16-30)18-24(32)31-11-5-1-2-6-12-31/h3-4,7-10,17H,1-2,5-6,11-16,18H2,(H,28,33)(H,34,35). The van der Waals surface area contributed by atoms with Gasteiger partial charge in [-0.05, 0) is 43.2 Å². The Morgan fingerprint density at radius 3 is 2.20 bits per heavy atom. The van der Waals surface area contributed by atoms with Crippen LogP contribution in [-0.4, -0.2) is 78.5 Å². The summed E-state index contributed by atoms with van der Waals surface area (Å²) in [6.45, 7) is 4.82. The quantitative estimate of drug-likeness (QED) is 0.656. The van der Waals surface area contributed by atoms with Crippen molar-refractivity contribution in [1.82, 2.24) is 9.80 Å². The van der Waals surface area contributed by atoms with Crippen LogP contribution >= 0.6 is 0 Å². The van der Waals surface area contributed by atoms with Crippen LogP contribution in [0.15, 0.2) is 42.5 Å². The van der Waals surface area contributed by atoms with E-state index in [-0.39, 0.29) is 22.7 Å². The molecule has 2 saturated heterocycles. The van der Waals surface area contributed by atoms with Crippen molar-refractivity contribution in [2.45, 2.75) is 25.7 Å². The molecule has 2 aromatic carbocycles. The van der Waals surface area contributed by atoms with Gasteiger partial charge in [-0.25, -0.2) is 9.18 Å². The van der Waals surface area contributed by atoms with Crippen molar-refractivity contribution in [3.63, 3.8) is 0 Å². The van der Waals surface area contributed by atoms with Crippen molar-refractivity contribution in [2.75, 3.05) is 56.0 Å². The Bertz CT molecular complexity index is 1080. The molecule has 9 heteroatoms. The van der Waals surface area contributed by atoms with Crippen molar-refractivity contribution >= 4 is 29.2 Å². The lowest BCUT2D eigenvalue weighted by atomic mass is 10.1. The van der Waals surface area contributed by atoms with Crippen LogP contribution in [0.5, 0.6) is 0 Å². The minimum atomic E-state index is -1.18. The third-order valence-corrected chi connectivity index (χ3v) is 6.66. The number of carboxylic acids is 1. The summed E-state index contributed by atoms with van der Waals surface area (Å²) in [6, 6.07) is 10.4. The first-order valence-corrected chi connectivity index (χ1v) is 12.1. The molecular weight excluding hydrogens is 451 g/mol. The second kappa shape index (κ2) is 11.3. The van der Waals surface area contributed by atoms with Gasteiger partial charge >= 0.3 is 5.97 Å². The van der Waals surface area contributed by atoms with E-state index in [4.69, 9.17) is 0 Å². The molecule has 2 aliphatic heterocycles. The fraction of sp³-hybridized carbons (Fsp3) is 0.423. The van der Waals surface area contributed by atoms with Crippen molar-refractivity contribution < 1.29 is 23.9 Å². The Kier molecular flexibility index (Phi) is 7.97. The van der Waals surface area contributed by atoms with Crippen LogP contribution in [0.1, 0.15) is 46.4 Å². The molecule has 2 N–H and O–H groups in total. The number of piperazine rings is 1. The highest BCUT2D eigenvalue weighted by Crippen LogP contribution is 2.25. The van der Waals surface area contributed by atoms with Gasteiger partial charge in [-0.3, -0.25) is 14.5 Å². The molecule has 35 heavy (non-hydrogen) atoms. The Balaban J connectivity index is 1.37. The highest BCUT2D eigenvalue weighted by molar-refractivity contribution is 6.08. The molecule has 186 valence electrons. The molecule has 0 aliphatic carbocycles. The van der Waals surface area contributed by atoms with Crippen molar-refractivity contribution in [2.24, 2.45) is 0 Å². The summed E-state index contributed by atoms with van der Waals surface area (Å²) in [5.74, 6) is -2.38. The lowest BCUT2D eigenvalue weighted by Crippen LogP contribution is -2.50. The van der Waals surface area contributed by atoms with Gasteiger partial charge in [0.15, 0.2) is 0 Å². The summed E-state index contributed by atoms with van der Waals surface area (Å²) < 4.78 is 13.9. The molecule has 2 heterocycles. The van der Waals surface area contributed by atoms with E-state index in [2.05, 4.69) is 15.1 Å². The fourth-order valence-corrected chi connectivity index (χ4v) is 4.63. The van der Waals surface area contributed by atoms with E-state index in [1.807, 2.05) is 4.90 Å². The minimum absolute atomic E-state index is 0.0639. The molecule has 0 aromatic heterocycles. The average molecular weight is 483 g/mol. The van der Waals surface area contributed by atoms with Gasteiger partial charge < -0.3 is 20.2 Å². The van der Waals surface area contributed by atoms with Crippen LogP contribution in [0.2, 0.25) is 0 Å². The van der Waals surface area contributed by atoms with Crippen LogP contribution in [0.3, 0.4) is 0 Å². The summed E-state index contributed by atoms with van der Waals surface area (Å²) in [4.78, 5) is 43.2. The number of carbonyl (C=O) groups excluding carboxylic acids is 2. The summed E-state index contributed by atoms with van der Waals surface area (Å²) in [5.41, 5.74) is 0.616. The van der Waals surface area contributed by atoms with E-state index >= 15 is 0 Å². The molecule has 0 radical (unpaired) electrons. The first kappa shape index (κ1) is 24.7. The zero-order valence-corrected chi connectivity index (χ0v) is 19.7. The number of likely N-dealkylation sites (tertiary alicyclic amines) is 1. The summed E-state index contributed by atoms with van der Waals surface area (Å²) >= 11 is 0. The Morgan fingerprint density at radius 1 is 0.857 bits per heavy atom. The minimum Gasteiger partial charge on any atom is -0.478 e. The average Bonchev–Trinajstić information content (AvgIpc) is 3.15. The lowest BCUT2D eigenvalue weighted by Gasteiger charge is -2.36. The van der Waals surface area contributed by atoms with Crippen molar-refractivity contribution in [3.8, 4) is 0 Å². The van der Waals surface area contributed by atoms with Crippen molar-refractivity contribution in [3.05, 3.63) is 59.4 Å². The number of carbonyl (C=O) groups is 3. The highest BCUT2D eigenvalue weighted by atomic mass is 19.1. The van der Waals surface area contributed by atoms with E-state index < -0.39 is 17.7 Å². The lowest BCUT2D eigenvalue weighted by molar-refractivity contribution is -0.132. The van der Waals surface area contributed by atoms with Gasteiger partial charge in [-0.15, -0.1) is 0 Å². The van der Waals surface area contributed by atoms with Gasteiger partial charge in [-0.1, -0.05) is 25.0 Å². The SMILES string of the molecule is O=C(Nc1ccc(N2CCN(CC(=O)N3CCCCCC3)CC2)cc1C(=O)O)c1ccccc1F. The fourth-order valence-electron chi connectivity index (χ4n) is 4.63. The smallest absolute Gasteiger partial charge is 0.337 e. The van der Waals surface area contributed by atoms with Crippen LogP contribution in [0.4, 0.5) is 15.8 Å². The number of hydrogen-bond donors (Lipinski definition) is 2. The van der Waals surface area contributed by atoms with E-state index in [1.165, 1.54) is 43.2 Å². The predicted octanol–water partition coefficient (Wildman–Crippen LogP) is 3.30. The maximum atomic E-state index is 13.9. The van der Waals surface area contributed by atoms with Gasteiger partial charge in [0.2, 0.25) is 5.91 Å². The second-order valence-corrected chi connectivity index (χ2v) is 9.03. The molecule has 0 unspecified atom stereocenters. The molecule has 0 saturated carbocycles. The van der Waals surface area contributed by atoms with Crippen LogP contribution in [0.25, 0.3) is 0 Å². The monoisotopic (exact) mass is 482 g/mol. The summed E-state index contributed by atoms with van der Waals surface area (Å²) in [5, 5.41) is 12.2. The van der Waals surface area contributed by atoms with Gasteiger partial charge in [0, 0.05) is 45.0 Å². The van der Waals surface area contributed by atoms with Gasteiger partial charge in [0.05, 0.1) is 23.4 Å². The van der Waals surface area contributed by atoms with Gasteiger partial charge in [-0.2, -0.15) is 0 Å². The Hall–Kier alpha value is -3.46. The van der Waals surface area contributed by atoms with Crippen LogP contribution < -0.4 is 10.2 Å². The van der Waals surface area contributed by atoms with E-state index in [0.717, 1.165) is 31.6 Å². The Labute approximate surface area is 204 Å². The van der Waals surface area contributed by atoms with Gasteiger partial charge in [0.25, 0.3) is 5.91 Å². The molecular formula is C26H31FN4O4. The molecule has 0 spiro atoms. The molecule has 0 bridgehead atoms. The van der Waals surface area contributed by atoms with Crippen molar-refractivity contribution in [1.29, 1.82) is 0 Å². The topological polar surface area (TPSA) is 93.2 Å². The maximum absolute atomic E-state index is 13.9. The number of hydrogen-bond acceptors (Lipinski definition) is 5. The zero-order valence-electron chi connectivity index (χ0n) is 19.7. The molecule has 0 atom stereocenters. The first-order chi connectivity index (χ1) is 16.9. The number of anilines is 2. The number of amides is 2. The van der Waals surface area contributed by atoms with Gasteiger partial charge in [0.1, 0.15) is 5.82 Å². The molecule has 2 amide bonds. The number of carboxylic acid groups (broad SMARTS) is 1. The third-order valence-electron chi connectivity index (χ3n) is 6.66. The zero-order chi connectivity index (χ0) is 24.8. The molecule has 2 aliphatic rings. The summed E-state index contributed by atoms with van der Waals surface area (Å²) in [7, 11) is 0. The molecule has 4 rings (SSSR count). The number of nitrogens with one attached hydrogen (secondary N) is 1. The Morgan fingerprint density at radius 2 is 1.54 bits per heavy atom.